The van der Waals surface area contributed by atoms with Crippen LogP contribution < -0.4 is 4.90 Å². The van der Waals surface area contributed by atoms with Crippen LogP contribution in [0.5, 0.6) is 0 Å². The normalized spacial score (nSPS) is 15.2. The highest BCUT2D eigenvalue weighted by molar-refractivity contribution is 7.89. The van der Waals surface area contributed by atoms with Crippen LogP contribution in [0.2, 0.25) is 0 Å². The van der Waals surface area contributed by atoms with Crippen molar-refractivity contribution >= 4 is 15.8 Å². The first-order valence-corrected chi connectivity index (χ1v) is 12.6. The largest absolute Gasteiger partial charge is 0.380 e. The Morgan fingerprint density at radius 3 is 2.41 bits per heavy atom. The van der Waals surface area contributed by atoms with Crippen LogP contribution in [0.3, 0.4) is 0 Å². The van der Waals surface area contributed by atoms with Gasteiger partial charge < -0.3 is 9.64 Å². The molecule has 1 fully saturated rings. The Balaban J connectivity index is 1.35. The van der Waals surface area contributed by atoms with Gasteiger partial charge in [0.25, 0.3) is 0 Å². The number of piperazine rings is 1. The number of rotatable bonds is 9. The van der Waals surface area contributed by atoms with E-state index in [9.17, 15) is 8.42 Å². The van der Waals surface area contributed by atoms with Gasteiger partial charge in [-0.3, -0.25) is 14.6 Å². The van der Waals surface area contributed by atoms with Gasteiger partial charge in [-0.25, -0.2) is 13.4 Å². The number of sulfonamides is 1. The molecule has 1 saturated heterocycles. The Morgan fingerprint density at radius 1 is 1.06 bits per heavy atom. The van der Waals surface area contributed by atoms with Crippen LogP contribution in [0, 0.1) is 0 Å². The lowest BCUT2D eigenvalue weighted by atomic mass is 10.1. The minimum atomic E-state index is -3.53. The molecular weight excluding hydrogens is 454 g/mol. The third-order valence-electron chi connectivity index (χ3n) is 6.01. The molecule has 0 bridgehead atoms. The molecule has 0 radical (unpaired) electrons. The van der Waals surface area contributed by atoms with Crippen molar-refractivity contribution < 1.29 is 13.2 Å². The molecule has 3 heterocycles. The number of aryl methyl sites for hydroxylation is 1. The number of likely N-dealkylation sites (N-methyl/N-ethyl adjacent to an activating group) is 1. The Hall–Kier alpha value is -2.86. The summed E-state index contributed by atoms with van der Waals surface area (Å²) >= 11 is 0. The molecule has 0 saturated carbocycles. The SMILES string of the molecule is COCc1ccc(-c2nccnc2N2CCN(CCN(C)S(=O)(=O)c3cnn(C)c3)CC2)cc1. The summed E-state index contributed by atoms with van der Waals surface area (Å²) in [7, 11) is 1.48. The minimum Gasteiger partial charge on any atom is -0.380 e. The van der Waals surface area contributed by atoms with Crippen molar-refractivity contribution in [1.82, 2.24) is 29.0 Å². The van der Waals surface area contributed by atoms with Crippen molar-refractivity contribution in [2.75, 3.05) is 58.3 Å². The summed E-state index contributed by atoms with van der Waals surface area (Å²) in [6, 6.07) is 8.20. The summed E-state index contributed by atoms with van der Waals surface area (Å²) in [6.45, 7) is 4.90. The van der Waals surface area contributed by atoms with E-state index < -0.39 is 10.0 Å². The van der Waals surface area contributed by atoms with E-state index in [1.54, 1.807) is 33.6 Å². The van der Waals surface area contributed by atoms with E-state index in [0.29, 0.717) is 19.7 Å². The first kappa shape index (κ1) is 24.3. The number of hydrogen-bond acceptors (Lipinski definition) is 8. The molecular formula is C23H31N7O3S. The first-order chi connectivity index (χ1) is 16.4. The number of methoxy groups -OCH3 is 1. The smallest absolute Gasteiger partial charge is 0.245 e. The van der Waals surface area contributed by atoms with Gasteiger partial charge in [-0.2, -0.15) is 9.40 Å². The number of anilines is 1. The Kier molecular flexibility index (Phi) is 7.57. The molecule has 1 aliphatic rings. The molecule has 3 aromatic rings. The summed E-state index contributed by atoms with van der Waals surface area (Å²) in [6.07, 6.45) is 6.35. The maximum atomic E-state index is 12.7. The quantitative estimate of drug-likeness (QED) is 0.450. The molecule has 11 heteroatoms. The maximum absolute atomic E-state index is 12.7. The standard InChI is InChI=1S/C23H31N7O3S/c1-27-17-21(16-26-27)34(31,32)28(2)10-11-29-12-14-30(15-13-29)23-22(24-8-9-25-23)20-6-4-19(5-7-20)18-33-3/h4-9,16-17H,10-15,18H2,1-3H3. The Labute approximate surface area is 200 Å². The molecule has 2 aromatic heterocycles. The fraction of sp³-hybridized carbons (Fsp3) is 0.435. The van der Waals surface area contributed by atoms with Gasteiger partial charge in [0.1, 0.15) is 10.6 Å². The van der Waals surface area contributed by atoms with Crippen LogP contribution in [0.1, 0.15) is 5.56 Å². The minimum absolute atomic E-state index is 0.216. The van der Waals surface area contributed by atoms with E-state index in [1.165, 1.54) is 21.4 Å². The molecule has 1 aliphatic heterocycles. The number of nitrogens with zero attached hydrogens (tertiary/aromatic N) is 7. The van der Waals surface area contributed by atoms with Gasteiger partial charge in [0.15, 0.2) is 5.82 Å². The zero-order chi connectivity index (χ0) is 24.1. The van der Waals surface area contributed by atoms with Crippen molar-refractivity contribution in [2.45, 2.75) is 11.5 Å². The summed E-state index contributed by atoms with van der Waals surface area (Å²) in [4.78, 5) is 14.0. The lowest BCUT2D eigenvalue weighted by Gasteiger charge is -2.36. The van der Waals surface area contributed by atoms with E-state index in [-0.39, 0.29) is 4.90 Å². The van der Waals surface area contributed by atoms with Crippen molar-refractivity contribution in [3.8, 4) is 11.3 Å². The van der Waals surface area contributed by atoms with Crippen molar-refractivity contribution in [1.29, 1.82) is 0 Å². The lowest BCUT2D eigenvalue weighted by Crippen LogP contribution is -2.49. The summed E-state index contributed by atoms with van der Waals surface area (Å²) in [5.41, 5.74) is 3.00. The second kappa shape index (κ2) is 10.6. The van der Waals surface area contributed by atoms with Crippen LogP contribution >= 0.6 is 0 Å². The van der Waals surface area contributed by atoms with Gasteiger partial charge in [-0.1, -0.05) is 24.3 Å². The van der Waals surface area contributed by atoms with Gasteiger partial charge in [-0.15, -0.1) is 0 Å². The highest BCUT2D eigenvalue weighted by atomic mass is 32.2. The van der Waals surface area contributed by atoms with Gasteiger partial charge in [0.2, 0.25) is 10.0 Å². The Morgan fingerprint density at radius 2 is 1.76 bits per heavy atom. The molecule has 1 aromatic carbocycles. The summed E-state index contributed by atoms with van der Waals surface area (Å²) < 4.78 is 33.5. The molecule has 10 nitrogen and oxygen atoms in total. The number of hydrogen-bond donors (Lipinski definition) is 0. The monoisotopic (exact) mass is 485 g/mol. The van der Waals surface area contributed by atoms with Gasteiger partial charge in [0.05, 0.1) is 12.8 Å². The van der Waals surface area contributed by atoms with Crippen molar-refractivity contribution in [3.63, 3.8) is 0 Å². The topological polar surface area (TPSA) is 96.7 Å². The van der Waals surface area contributed by atoms with Crippen LogP contribution in [0.25, 0.3) is 11.3 Å². The van der Waals surface area contributed by atoms with Crippen LogP contribution in [-0.4, -0.2) is 90.8 Å². The fourth-order valence-electron chi connectivity index (χ4n) is 3.99. The molecule has 0 amide bonds. The van der Waals surface area contributed by atoms with Crippen LogP contribution in [-0.2, 0) is 28.4 Å². The third-order valence-corrected chi connectivity index (χ3v) is 7.82. The summed E-state index contributed by atoms with van der Waals surface area (Å²) in [5, 5.41) is 3.97. The predicted molar refractivity (Wildman–Crippen MR) is 130 cm³/mol. The van der Waals surface area contributed by atoms with Gasteiger partial charge >= 0.3 is 0 Å². The van der Waals surface area contributed by atoms with E-state index in [1.807, 2.05) is 12.1 Å². The van der Waals surface area contributed by atoms with E-state index in [2.05, 4.69) is 37.0 Å². The van der Waals surface area contributed by atoms with Crippen LogP contribution in [0.4, 0.5) is 5.82 Å². The first-order valence-electron chi connectivity index (χ1n) is 11.2. The molecule has 0 spiro atoms. The maximum Gasteiger partial charge on any atom is 0.245 e. The number of ether oxygens (including phenoxy) is 1. The van der Waals surface area contributed by atoms with Gasteiger partial charge in [-0.05, 0) is 5.56 Å². The molecule has 0 aliphatic carbocycles. The van der Waals surface area contributed by atoms with Gasteiger partial charge in [0, 0.05) is 84.6 Å². The summed E-state index contributed by atoms with van der Waals surface area (Å²) in [5.74, 6) is 0.873. The average molecular weight is 486 g/mol. The highest BCUT2D eigenvalue weighted by Gasteiger charge is 2.25. The molecule has 34 heavy (non-hydrogen) atoms. The lowest BCUT2D eigenvalue weighted by molar-refractivity contribution is 0.185. The molecule has 4 rings (SSSR count). The second-order valence-corrected chi connectivity index (χ2v) is 10.4. The highest BCUT2D eigenvalue weighted by Crippen LogP contribution is 2.27. The Bertz CT molecular complexity index is 1190. The molecule has 182 valence electrons. The molecule has 0 N–H and O–H groups in total. The fourth-order valence-corrected chi connectivity index (χ4v) is 5.14. The second-order valence-electron chi connectivity index (χ2n) is 8.36. The molecule has 0 unspecified atom stereocenters. The average Bonchev–Trinajstić information content (AvgIpc) is 3.31. The predicted octanol–water partition coefficient (Wildman–Crippen LogP) is 1.47. The molecule has 0 atom stereocenters. The van der Waals surface area contributed by atoms with Crippen molar-refractivity contribution in [2.24, 2.45) is 7.05 Å². The zero-order valence-electron chi connectivity index (χ0n) is 19.8. The zero-order valence-corrected chi connectivity index (χ0v) is 20.6. The van der Waals surface area contributed by atoms with E-state index in [4.69, 9.17) is 4.74 Å². The third kappa shape index (κ3) is 5.44. The number of aromatic nitrogens is 4. The van der Waals surface area contributed by atoms with Crippen molar-refractivity contribution in [3.05, 3.63) is 54.6 Å². The van der Waals surface area contributed by atoms with E-state index in [0.717, 1.165) is 48.8 Å². The van der Waals surface area contributed by atoms with E-state index >= 15 is 0 Å². The number of benzene rings is 1. The van der Waals surface area contributed by atoms with Crippen LogP contribution in [0.15, 0.2) is 53.9 Å².